The Bertz CT molecular complexity index is 1040. The van der Waals surface area contributed by atoms with Gasteiger partial charge in [0.1, 0.15) is 0 Å². The Morgan fingerprint density at radius 1 is 1.07 bits per heavy atom. The van der Waals surface area contributed by atoms with Crippen LogP contribution in [0.2, 0.25) is 10.0 Å². The topological polar surface area (TPSA) is 47.0 Å². The fourth-order valence-electron chi connectivity index (χ4n) is 3.70. The number of aryl methyl sites for hydroxylation is 1. The summed E-state index contributed by atoms with van der Waals surface area (Å²) < 4.78 is 7.51. The first-order valence-electron chi connectivity index (χ1n) is 9.93. The zero-order chi connectivity index (χ0) is 21.1. The van der Waals surface area contributed by atoms with E-state index in [0.717, 1.165) is 23.7 Å². The average Bonchev–Trinajstić information content (AvgIpc) is 2.75. The molecule has 2 atom stereocenters. The molecule has 1 aliphatic carbocycles. The van der Waals surface area contributed by atoms with Crippen molar-refractivity contribution in [3.8, 4) is 11.5 Å². The quantitative estimate of drug-likeness (QED) is 0.460. The van der Waals surface area contributed by atoms with Crippen LogP contribution in [0.4, 0.5) is 5.82 Å². The number of hydrogen-bond acceptors (Lipinski definition) is 4. The van der Waals surface area contributed by atoms with Crippen LogP contribution in [0.3, 0.4) is 0 Å². The number of nitrogens with one attached hydrogen (secondary N) is 1. The molecule has 2 unspecified atom stereocenters. The van der Waals surface area contributed by atoms with Gasteiger partial charge in [0, 0.05) is 0 Å². The fourth-order valence-corrected chi connectivity index (χ4v) is 4.69. The van der Waals surface area contributed by atoms with Gasteiger partial charge in [-0.3, -0.25) is 0 Å². The third-order valence-corrected chi connectivity index (χ3v) is 7.18. The molecule has 1 N–H and O–H groups in total. The second-order valence-corrected chi connectivity index (χ2v) is 9.26. The van der Waals surface area contributed by atoms with Gasteiger partial charge < -0.3 is 0 Å². The number of benzene rings is 2. The first-order chi connectivity index (χ1) is 14.5. The van der Waals surface area contributed by atoms with Crippen LogP contribution in [-0.4, -0.2) is 41.4 Å². The van der Waals surface area contributed by atoms with E-state index in [1.807, 2.05) is 64.6 Å². The fraction of sp³-hybridized carbons (Fsp3) is 0.261. The second kappa shape index (κ2) is 9.65. The summed E-state index contributed by atoms with van der Waals surface area (Å²) >= 11 is 14.3. The molecule has 7 heteroatoms. The normalized spacial score (nSPS) is 16.7. The summed E-state index contributed by atoms with van der Waals surface area (Å²) in [7, 11) is 0. The monoisotopic (exact) mass is 449 g/mol. The molecule has 1 heterocycles. The van der Waals surface area contributed by atoms with Crippen molar-refractivity contribution in [2.24, 2.45) is 5.92 Å². The zero-order valence-electron chi connectivity index (χ0n) is 16.7. The van der Waals surface area contributed by atoms with Crippen molar-refractivity contribution in [3.05, 3.63) is 76.2 Å². The Kier molecular flexibility index (Phi) is 6.93. The van der Waals surface area contributed by atoms with Crippen LogP contribution < -0.4 is 10.1 Å². The van der Waals surface area contributed by atoms with E-state index < -0.39 is 0 Å². The summed E-state index contributed by atoms with van der Waals surface area (Å²) in [5, 5.41) is 4.72. The second-order valence-electron chi connectivity index (χ2n) is 7.54. The van der Waals surface area contributed by atoms with Crippen LogP contribution in [-0.2, 0) is 0 Å². The van der Waals surface area contributed by atoms with Gasteiger partial charge in [0.05, 0.1) is 0 Å². The molecule has 150 valence electrons. The van der Waals surface area contributed by atoms with E-state index in [0.29, 0.717) is 27.7 Å². The minimum absolute atomic E-state index is 0.349. The molecule has 4 nitrogen and oxygen atoms in total. The molecule has 30 heavy (non-hydrogen) atoms. The number of rotatable bonds is 7. The molecule has 1 fully saturated rings. The Morgan fingerprint density at radius 2 is 1.73 bits per heavy atom. The predicted octanol–water partition coefficient (Wildman–Crippen LogP) is 5.83. The SMILES string of the molecule is Cc1ncnc(NCC(c2ccc(Oc3ccc(Cl)cc3)cc2)C2CC[C]2=[Mg])c1Cl. The molecule has 1 aliphatic rings. The number of anilines is 1. The van der Waals surface area contributed by atoms with Crippen molar-refractivity contribution < 1.29 is 4.74 Å². The first kappa shape index (κ1) is 21.6. The van der Waals surface area contributed by atoms with E-state index >= 15 is 0 Å². The van der Waals surface area contributed by atoms with Crippen LogP contribution in [0.25, 0.3) is 0 Å². The van der Waals surface area contributed by atoms with E-state index in [1.54, 1.807) is 9.96 Å². The summed E-state index contributed by atoms with van der Waals surface area (Å²) in [6.45, 7) is 2.65. The summed E-state index contributed by atoms with van der Waals surface area (Å²) in [5.74, 6) is 3.18. The summed E-state index contributed by atoms with van der Waals surface area (Å²) in [6, 6.07) is 15.7. The Hall–Kier alpha value is -1.66. The molecule has 0 radical (unpaired) electrons. The Balaban J connectivity index is 1.50. The van der Waals surface area contributed by atoms with Crippen molar-refractivity contribution in [3.63, 3.8) is 0 Å². The van der Waals surface area contributed by atoms with Gasteiger partial charge in [0.2, 0.25) is 0 Å². The van der Waals surface area contributed by atoms with Crippen LogP contribution in [0, 0.1) is 12.8 Å². The summed E-state index contributed by atoms with van der Waals surface area (Å²) in [6.07, 6.45) is 3.97. The number of hydrogen-bond donors (Lipinski definition) is 1. The Morgan fingerprint density at radius 3 is 2.33 bits per heavy atom. The average molecular weight is 451 g/mol. The first-order valence-corrected chi connectivity index (χ1v) is 11.4. The third kappa shape index (κ3) is 4.97. The molecule has 1 aromatic heterocycles. The van der Waals surface area contributed by atoms with Gasteiger partial charge in [0.25, 0.3) is 0 Å². The molecule has 4 rings (SSSR count). The van der Waals surface area contributed by atoms with Crippen LogP contribution in [0.15, 0.2) is 54.9 Å². The summed E-state index contributed by atoms with van der Waals surface area (Å²) in [4.78, 5) is 8.45. The molecule has 0 bridgehead atoms. The third-order valence-electron chi connectivity index (χ3n) is 5.60. The van der Waals surface area contributed by atoms with Gasteiger partial charge in [-0.1, -0.05) is 11.6 Å². The van der Waals surface area contributed by atoms with Gasteiger partial charge in [-0.05, 0) is 0 Å². The van der Waals surface area contributed by atoms with Crippen molar-refractivity contribution >= 4 is 53.9 Å². The van der Waals surface area contributed by atoms with E-state index in [2.05, 4.69) is 27.4 Å². The van der Waals surface area contributed by atoms with E-state index in [-0.39, 0.29) is 0 Å². The molecular formula is C23H21Cl2MgN3O. The predicted molar refractivity (Wildman–Crippen MR) is 124 cm³/mol. The van der Waals surface area contributed by atoms with E-state index in [1.165, 1.54) is 18.4 Å². The molecule has 0 spiro atoms. The van der Waals surface area contributed by atoms with Gasteiger partial charge in [-0.25, -0.2) is 0 Å². The standard InChI is InChI=1S/C23H21Cl2N3O.Mg/c1-15-22(25)23(28-14-27-15)26-13-21(16-3-2-4-16)17-5-9-19(10-6-17)29-20-11-7-18(24)8-12-20;/h5-12,14,16,21H,2-3,13H2,1H3,(H,26,27,28);. The van der Waals surface area contributed by atoms with Gasteiger partial charge >= 0.3 is 188 Å². The van der Waals surface area contributed by atoms with Crippen LogP contribution in [0.1, 0.15) is 30.0 Å². The Labute approximate surface area is 198 Å². The zero-order valence-corrected chi connectivity index (χ0v) is 19.7. The van der Waals surface area contributed by atoms with Gasteiger partial charge in [0.15, 0.2) is 0 Å². The van der Waals surface area contributed by atoms with Gasteiger partial charge in [-0.15, -0.1) is 0 Å². The number of halogens is 2. The molecular weight excluding hydrogens is 429 g/mol. The van der Waals surface area contributed by atoms with Crippen LogP contribution in [0.5, 0.6) is 11.5 Å². The van der Waals surface area contributed by atoms with Gasteiger partial charge in [-0.2, -0.15) is 0 Å². The molecule has 2 aromatic carbocycles. The van der Waals surface area contributed by atoms with E-state index in [4.69, 9.17) is 27.9 Å². The van der Waals surface area contributed by atoms with Crippen molar-refractivity contribution in [1.82, 2.24) is 9.97 Å². The molecule has 0 aliphatic heterocycles. The maximum absolute atomic E-state index is 6.37. The van der Waals surface area contributed by atoms with Crippen molar-refractivity contribution in [2.45, 2.75) is 25.7 Å². The molecule has 0 amide bonds. The maximum atomic E-state index is 6.37. The summed E-state index contributed by atoms with van der Waals surface area (Å²) in [5.41, 5.74) is 2.06. The van der Waals surface area contributed by atoms with Crippen molar-refractivity contribution in [2.75, 3.05) is 11.9 Å². The van der Waals surface area contributed by atoms with Crippen molar-refractivity contribution in [1.29, 1.82) is 0 Å². The minimum atomic E-state index is 0.349. The molecule has 1 saturated carbocycles. The number of ether oxygens (including phenoxy) is 1. The van der Waals surface area contributed by atoms with Crippen LogP contribution >= 0.6 is 23.2 Å². The number of nitrogens with zero attached hydrogens (tertiary/aromatic N) is 2. The number of aromatic nitrogens is 2. The van der Waals surface area contributed by atoms with E-state index in [9.17, 15) is 0 Å². The molecule has 0 saturated heterocycles. The molecule has 3 aromatic rings.